The number of halogens is 1. The van der Waals surface area contributed by atoms with Crippen molar-refractivity contribution >= 4 is 34.0 Å². The van der Waals surface area contributed by atoms with E-state index in [0.717, 1.165) is 10.6 Å². The van der Waals surface area contributed by atoms with Crippen molar-refractivity contribution in [2.45, 2.75) is 13.1 Å². The molecule has 0 atom stereocenters. The minimum absolute atomic E-state index is 0.00601. The van der Waals surface area contributed by atoms with Crippen molar-refractivity contribution in [1.29, 1.82) is 0 Å². The smallest absolute Gasteiger partial charge is 0.261 e. The fraction of sp³-hybridized carbons (Fsp3) is 0.231. The quantitative estimate of drug-likeness (QED) is 0.944. The monoisotopic (exact) mass is 309 g/mol. The summed E-state index contributed by atoms with van der Waals surface area (Å²) < 4.78 is 5.44. The van der Waals surface area contributed by atoms with Gasteiger partial charge in [0, 0.05) is 5.02 Å². The van der Waals surface area contributed by atoms with Gasteiger partial charge >= 0.3 is 0 Å². The Hall–Kier alpha value is -1.79. The van der Waals surface area contributed by atoms with Crippen molar-refractivity contribution in [1.82, 2.24) is 9.88 Å². The minimum Gasteiger partial charge on any atom is -0.484 e. The second-order valence-electron chi connectivity index (χ2n) is 4.41. The molecular formula is C13H12ClN3O2S. The predicted octanol–water partition coefficient (Wildman–Crippen LogP) is 2.30. The molecule has 20 heavy (non-hydrogen) atoms. The molecule has 1 amide bonds. The largest absolute Gasteiger partial charge is 0.484 e. The zero-order chi connectivity index (χ0) is 14.1. The molecule has 7 heteroatoms. The van der Waals surface area contributed by atoms with E-state index >= 15 is 0 Å². The van der Waals surface area contributed by atoms with Gasteiger partial charge in [0.2, 0.25) is 0 Å². The van der Waals surface area contributed by atoms with E-state index in [9.17, 15) is 4.79 Å². The summed E-state index contributed by atoms with van der Waals surface area (Å²) in [7, 11) is 0. The molecule has 2 aromatic rings. The number of hydrogen-bond acceptors (Lipinski definition) is 5. The topological polar surface area (TPSA) is 68.5 Å². The number of carbonyl (C=O) groups is 1. The molecule has 1 aromatic heterocycles. The van der Waals surface area contributed by atoms with E-state index in [1.807, 2.05) is 0 Å². The number of hydrogen-bond donors (Lipinski definition) is 1. The number of thiazole rings is 1. The Balaban J connectivity index is 1.56. The molecule has 2 heterocycles. The zero-order valence-corrected chi connectivity index (χ0v) is 12.1. The van der Waals surface area contributed by atoms with Crippen molar-refractivity contribution in [3.8, 4) is 5.75 Å². The Bertz CT molecular complexity index is 618. The first-order valence-electron chi connectivity index (χ1n) is 6.02. The van der Waals surface area contributed by atoms with Gasteiger partial charge in [-0.15, -0.1) is 11.3 Å². The Kier molecular flexibility index (Phi) is 3.50. The van der Waals surface area contributed by atoms with E-state index in [-0.39, 0.29) is 12.5 Å². The number of ether oxygens (including phenoxy) is 1. The summed E-state index contributed by atoms with van der Waals surface area (Å²) in [5.74, 6) is 0.558. The molecule has 0 radical (unpaired) electrons. The highest BCUT2D eigenvalue weighted by molar-refractivity contribution is 7.15. The van der Waals surface area contributed by atoms with E-state index in [1.165, 1.54) is 11.3 Å². The molecule has 0 spiro atoms. The van der Waals surface area contributed by atoms with Gasteiger partial charge in [0.1, 0.15) is 5.75 Å². The summed E-state index contributed by atoms with van der Waals surface area (Å²) in [6.45, 7) is 1.07. The van der Waals surface area contributed by atoms with Crippen LogP contribution in [0.25, 0.3) is 0 Å². The highest BCUT2D eigenvalue weighted by Crippen LogP contribution is 2.29. The number of aromatic nitrogens is 1. The molecule has 3 rings (SSSR count). The number of carbonyl (C=O) groups excluding carboxylic acids is 1. The van der Waals surface area contributed by atoms with Gasteiger partial charge in [-0.05, 0) is 24.3 Å². The molecule has 0 unspecified atom stereocenters. The first kappa shape index (κ1) is 13.2. The first-order chi connectivity index (χ1) is 9.61. The van der Waals surface area contributed by atoms with Crippen molar-refractivity contribution < 1.29 is 9.53 Å². The van der Waals surface area contributed by atoms with E-state index in [1.54, 1.807) is 29.2 Å². The maximum Gasteiger partial charge on any atom is 0.261 e. The van der Waals surface area contributed by atoms with Gasteiger partial charge in [0.15, 0.2) is 11.7 Å². The lowest BCUT2D eigenvalue weighted by Gasteiger charge is -2.15. The number of nitrogens with zero attached hydrogens (tertiary/aromatic N) is 2. The fourth-order valence-electron chi connectivity index (χ4n) is 2.00. The lowest BCUT2D eigenvalue weighted by atomic mass is 10.3. The molecule has 0 saturated heterocycles. The normalized spacial score (nSPS) is 13.3. The number of rotatable bonds is 3. The highest BCUT2D eigenvalue weighted by Gasteiger charge is 2.26. The van der Waals surface area contributed by atoms with Gasteiger partial charge in [-0.25, -0.2) is 4.98 Å². The number of fused-ring (bicyclic) bond motifs is 1. The second kappa shape index (κ2) is 5.30. The summed E-state index contributed by atoms with van der Waals surface area (Å²) in [5.41, 5.74) is 6.52. The Morgan fingerprint density at radius 3 is 2.85 bits per heavy atom. The number of benzene rings is 1. The second-order valence-corrected chi connectivity index (χ2v) is 5.97. The van der Waals surface area contributed by atoms with Crippen LogP contribution in [0.4, 0.5) is 5.13 Å². The van der Waals surface area contributed by atoms with Crippen LogP contribution in [0.15, 0.2) is 24.3 Å². The van der Waals surface area contributed by atoms with Gasteiger partial charge in [-0.2, -0.15) is 0 Å². The third kappa shape index (κ3) is 2.71. The third-order valence-electron chi connectivity index (χ3n) is 3.00. The molecule has 1 aliphatic heterocycles. The van der Waals surface area contributed by atoms with Crippen molar-refractivity contribution in [3.63, 3.8) is 0 Å². The highest BCUT2D eigenvalue weighted by atomic mass is 35.5. The van der Waals surface area contributed by atoms with E-state index in [0.29, 0.717) is 29.0 Å². The van der Waals surface area contributed by atoms with Crippen LogP contribution in [0.5, 0.6) is 5.75 Å². The van der Waals surface area contributed by atoms with Crippen molar-refractivity contribution in [2.75, 3.05) is 12.3 Å². The van der Waals surface area contributed by atoms with E-state index in [2.05, 4.69) is 4.98 Å². The number of nitrogen functional groups attached to an aromatic ring is 1. The van der Waals surface area contributed by atoms with Crippen molar-refractivity contribution in [2.24, 2.45) is 0 Å². The Morgan fingerprint density at radius 1 is 1.40 bits per heavy atom. The molecule has 0 saturated carbocycles. The fourth-order valence-corrected chi connectivity index (χ4v) is 2.99. The van der Waals surface area contributed by atoms with Crippen LogP contribution in [0.2, 0.25) is 5.02 Å². The summed E-state index contributed by atoms with van der Waals surface area (Å²) >= 11 is 7.21. The molecular weight excluding hydrogens is 298 g/mol. The molecule has 1 aromatic carbocycles. The number of nitrogens with two attached hydrogens (primary N) is 1. The molecule has 0 aliphatic carbocycles. The summed E-state index contributed by atoms with van der Waals surface area (Å²) in [6, 6.07) is 6.92. The van der Waals surface area contributed by atoms with Crippen LogP contribution in [-0.4, -0.2) is 22.4 Å². The molecule has 0 fully saturated rings. The predicted molar refractivity (Wildman–Crippen MR) is 77.7 cm³/mol. The average molecular weight is 310 g/mol. The molecule has 0 bridgehead atoms. The van der Waals surface area contributed by atoms with Crippen LogP contribution in [0.1, 0.15) is 10.6 Å². The summed E-state index contributed by atoms with van der Waals surface area (Å²) in [4.78, 5) is 19.0. The van der Waals surface area contributed by atoms with Crippen LogP contribution in [0.3, 0.4) is 0 Å². The van der Waals surface area contributed by atoms with Gasteiger partial charge in [0.25, 0.3) is 5.91 Å². The standard InChI is InChI=1S/C13H12ClN3O2S/c14-8-1-3-9(4-2-8)19-7-12(18)17-5-10-11(6-17)20-13(15)16-10/h1-4H,5-7H2,(H2,15,16). The number of anilines is 1. The summed E-state index contributed by atoms with van der Waals surface area (Å²) in [5, 5.41) is 1.19. The van der Waals surface area contributed by atoms with Crippen LogP contribution in [-0.2, 0) is 17.9 Å². The van der Waals surface area contributed by atoms with Crippen LogP contribution in [0, 0.1) is 0 Å². The summed E-state index contributed by atoms with van der Waals surface area (Å²) in [6.07, 6.45) is 0. The van der Waals surface area contributed by atoms with E-state index in [4.69, 9.17) is 22.1 Å². The first-order valence-corrected chi connectivity index (χ1v) is 7.21. The maximum atomic E-state index is 12.1. The molecule has 5 nitrogen and oxygen atoms in total. The Labute approximate surface area is 124 Å². The van der Waals surface area contributed by atoms with Crippen LogP contribution >= 0.6 is 22.9 Å². The van der Waals surface area contributed by atoms with E-state index < -0.39 is 0 Å². The van der Waals surface area contributed by atoms with Crippen LogP contribution < -0.4 is 10.5 Å². The molecule has 2 N–H and O–H groups in total. The number of amides is 1. The lowest BCUT2D eigenvalue weighted by molar-refractivity contribution is -0.134. The van der Waals surface area contributed by atoms with Gasteiger partial charge < -0.3 is 15.4 Å². The zero-order valence-electron chi connectivity index (χ0n) is 10.5. The molecule has 1 aliphatic rings. The van der Waals surface area contributed by atoms with Gasteiger partial charge in [0.05, 0.1) is 23.7 Å². The van der Waals surface area contributed by atoms with Crippen molar-refractivity contribution in [3.05, 3.63) is 39.9 Å². The third-order valence-corrected chi connectivity index (χ3v) is 4.16. The SMILES string of the molecule is Nc1nc2c(s1)CN(C(=O)COc1ccc(Cl)cc1)C2. The maximum absolute atomic E-state index is 12.1. The lowest BCUT2D eigenvalue weighted by Crippen LogP contribution is -2.30. The minimum atomic E-state index is -0.0660. The Morgan fingerprint density at radius 2 is 2.15 bits per heavy atom. The molecule has 104 valence electrons. The van der Waals surface area contributed by atoms with Gasteiger partial charge in [-0.1, -0.05) is 11.6 Å². The average Bonchev–Trinajstić information content (AvgIpc) is 2.95. The van der Waals surface area contributed by atoms with Gasteiger partial charge in [-0.3, -0.25) is 4.79 Å².